The van der Waals surface area contributed by atoms with Gasteiger partial charge in [-0.2, -0.15) is 5.10 Å². The second kappa shape index (κ2) is 6.73. The van der Waals surface area contributed by atoms with Gasteiger partial charge in [0.25, 0.3) is 0 Å². The van der Waals surface area contributed by atoms with E-state index in [-0.39, 0.29) is 6.09 Å². The lowest BCUT2D eigenvalue weighted by atomic mass is 10.1. The molecule has 1 saturated heterocycles. The number of nitrogens with zero attached hydrogens (tertiary/aromatic N) is 4. The quantitative estimate of drug-likeness (QED) is 0.577. The van der Waals surface area contributed by atoms with E-state index >= 15 is 0 Å². The Morgan fingerprint density at radius 3 is 2.68 bits per heavy atom. The van der Waals surface area contributed by atoms with Crippen LogP contribution < -0.4 is 4.74 Å². The molecule has 0 spiro atoms. The van der Waals surface area contributed by atoms with E-state index in [1.54, 1.807) is 11.1 Å². The van der Waals surface area contributed by atoms with Crippen LogP contribution in [0.25, 0.3) is 16.9 Å². The molecule has 4 heterocycles. The van der Waals surface area contributed by atoms with Gasteiger partial charge in [0.15, 0.2) is 0 Å². The molecular formula is C20H17N5O3. The maximum atomic E-state index is 11.6. The molecule has 1 N–H and O–H groups in total. The highest BCUT2D eigenvalue weighted by molar-refractivity contribution is 5.69. The number of nitrogens with one attached hydrogen (secondary N) is 1. The highest BCUT2D eigenvalue weighted by Crippen LogP contribution is 2.25. The summed E-state index contributed by atoms with van der Waals surface area (Å²) in [7, 11) is 0. The van der Waals surface area contributed by atoms with Gasteiger partial charge in [-0.1, -0.05) is 0 Å². The van der Waals surface area contributed by atoms with Crippen molar-refractivity contribution in [1.29, 1.82) is 0 Å². The van der Waals surface area contributed by atoms with Gasteiger partial charge in [0.2, 0.25) is 0 Å². The molecule has 1 fully saturated rings. The third-order valence-electron chi connectivity index (χ3n) is 4.57. The molecule has 0 aliphatic carbocycles. The van der Waals surface area contributed by atoms with Gasteiger partial charge in [0.05, 0.1) is 30.7 Å². The molecular weight excluding hydrogens is 358 g/mol. The van der Waals surface area contributed by atoms with Crippen LogP contribution >= 0.6 is 0 Å². The van der Waals surface area contributed by atoms with Gasteiger partial charge in [-0.3, -0.25) is 10.00 Å². The average molecular weight is 375 g/mol. The summed E-state index contributed by atoms with van der Waals surface area (Å²) in [4.78, 5) is 17.8. The van der Waals surface area contributed by atoms with Crippen LogP contribution in [0.3, 0.4) is 0 Å². The largest absolute Gasteiger partial charge is 0.456 e. The molecule has 0 unspecified atom stereocenters. The van der Waals surface area contributed by atoms with Crippen LogP contribution in [0, 0.1) is 0 Å². The van der Waals surface area contributed by atoms with Crippen LogP contribution in [0.5, 0.6) is 11.5 Å². The number of cyclic esters (lactones) is 1. The summed E-state index contributed by atoms with van der Waals surface area (Å²) < 4.78 is 12.8. The van der Waals surface area contributed by atoms with Gasteiger partial charge in [-0.15, -0.1) is 0 Å². The number of carbonyl (C=O) groups is 1. The van der Waals surface area contributed by atoms with Crippen molar-refractivity contribution in [3.8, 4) is 22.8 Å². The number of amides is 1. The molecule has 8 nitrogen and oxygen atoms in total. The Labute approximate surface area is 160 Å². The number of ether oxygens (including phenoxy) is 2. The number of carbonyl (C=O) groups excluding carboxylic acids is 1. The summed E-state index contributed by atoms with van der Waals surface area (Å²) in [6, 6.07) is 13.5. The zero-order valence-corrected chi connectivity index (χ0v) is 14.9. The number of imidazole rings is 1. The summed E-state index contributed by atoms with van der Waals surface area (Å²) in [6.45, 7) is 1.46. The summed E-state index contributed by atoms with van der Waals surface area (Å²) in [5.74, 6) is 1.44. The van der Waals surface area contributed by atoms with Crippen molar-refractivity contribution in [2.24, 2.45) is 0 Å². The number of aromatic amines is 1. The lowest BCUT2D eigenvalue weighted by Crippen LogP contribution is -2.23. The topological polar surface area (TPSA) is 84.8 Å². The van der Waals surface area contributed by atoms with E-state index in [9.17, 15) is 4.79 Å². The van der Waals surface area contributed by atoms with E-state index in [0.29, 0.717) is 25.4 Å². The maximum Gasteiger partial charge on any atom is 0.410 e. The fourth-order valence-corrected chi connectivity index (χ4v) is 3.18. The normalized spacial score (nSPS) is 13.9. The molecule has 1 amide bonds. The SMILES string of the molecule is O=C1OCCN1Cc1cn2cc(Oc3ccc(-c4ccn[nH]4)cc3)ccc2n1. The minimum atomic E-state index is -0.292. The number of hydrogen-bond donors (Lipinski definition) is 1. The van der Waals surface area contributed by atoms with Gasteiger partial charge >= 0.3 is 6.09 Å². The molecule has 1 aliphatic rings. The lowest BCUT2D eigenvalue weighted by molar-refractivity contribution is 0.157. The lowest BCUT2D eigenvalue weighted by Gasteiger charge is -2.09. The predicted octanol–water partition coefficient (Wildman–Crippen LogP) is 3.47. The van der Waals surface area contributed by atoms with Crippen molar-refractivity contribution in [2.75, 3.05) is 13.2 Å². The first-order valence-corrected chi connectivity index (χ1v) is 8.92. The Balaban J connectivity index is 1.32. The van der Waals surface area contributed by atoms with Crippen molar-refractivity contribution in [1.82, 2.24) is 24.5 Å². The maximum absolute atomic E-state index is 11.6. The molecule has 28 heavy (non-hydrogen) atoms. The van der Waals surface area contributed by atoms with E-state index in [0.717, 1.165) is 28.3 Å². The van der Waals surface area contributed by atoms with E-state index in [2.05, 4.69) is 15.2 Å². The third kappa shape index (κ3) is 3.16. The molecule has 3 aromatic heterocycles. The van der Waals surface area contributed by atoms with Crippen LogP contribution in [0.15, 0.2) is 61.1 Å². The Morgan fingerprint density at radius 1 is 1.07 bits per heavy atom. The van der Waals surface area contributed by atoms with Gasteiger partial charge in [-0.25, -0.2) is 9.78 Å². The Morgan fingerprint density at radius 2 is 1.93 bits per heavy atom. The number of aromatic nitrogens is 4. The zero-order chi connectivity index (χ0) is 18.9. The van der Waals surface area contributed by atoms with Crippen molar-refractivity contribution >= 4 is 11.7 Å². The standard InChI is InChI=1S/C20H17N5O3/c26-20-24(9-10-27-20)11-15-12-25-13-17(5-6-19(25)22-15)28-16-3-1-14(2-4-16)18-7-8-21-23-18/h1-8,12-13H,9-11H2,(H,21,23). The van der Waals surface area contributed by atoms with Crippen molar-refractivity contribution in [3.05, 3.63) is 66.7 Å². The molecule has 0 saturated carbocycles. The molecule has 1 aliphatic heterocycles. The molecule has 0 atom stereocenters. The minimum absolute atomic E-state index is 0.292. The first kappa shape index (κ1) is 16.4. The van der Waals surface area contributed by atoms with Gasteiger partial charge < -0.3 is 13.9 Å². The van der Waals surface area contributed by atoms with Crippen LogP contribution in [-0.2, 0) is 11.3 Å². The average Bonchev–Trinajstić information content (AvgIpc) is 3.44. The number of fused-ring (bicyclic) bond motifs is 1. The summed E-state index contributed by atoms with van der Waals surface area (Å²) in [5.41, 5.74) is 3.60. The molecule has 5 rings (SSSR count). The Hall–Kier alpha value is -3.81. The molecule has 0 radical (unpaired) electrons. The number of pyridine rings is 1. The van der Waals surface area contributed by atoms with Gasteiger partial charge in [0.1, 0.15) is 23.8 Å². The fraction of sp³-hybridized carbons (Fsp3) is 0.150. The summed E-state index contributed by atoms with van der Waals surface area (Å²) >= 11 is 0. The third-order valence-corrected chi connectivity index (χ3v) is 4.57. The molecule has 140 valence electrons. The van der Waals surface area contributed by atoms with Crippen LogP contribution in [0.2, 0.25) is 0 Å². The Bertz CT molecular complexity index is 1120. The molecule has 4 aromatic rings. The number of hydrogen-bond acceptors (Lipinski definition) is 5. The van der Waals surface area contributed by atoms with Crippen molar-refractivity contribution in [2.45, 2.75) is 6.54 Å². The predicted molar refractivity (Wildman–Crippen MR) is 101 cm³/mol. The molecule has 8 heteroatoms. The molecule has 0 bridgehead atoms. The first-order valence-electron chi connectivity index (χ1n) is 8.92. The van der Waals surface area contributed by atoms with Crippen LogP contribution in [-0.4, -0.2) is 43.7 Å². The van der Waals surface area contributed by atoms with Crippen molar-refractivity contribution in [3.63, 3.8) is 0 Å². The minimum Gasteiger partial charge on any atom is -0.456 e. The summed E-state index contributed by atoms with van der Waals surface area (Å²) in [6.07, 6.45) is 5.20. The van der Waals surface area contributed by atoms with Gasteiger partial charge in [0, 0.05) is 12.4 Å². The van der Waals surface area contributed by atoms with E-state index in [1.807, 2.05) is 59.3 Å². The Kier molecular flexibility index (Phi) is 3.93. The fourth-order valence-electron chi connectivity index (χ4n) is 3.18. The van der Waals surface area contributed by atoms with Crippen LogP contribution in [0.4, 0.5) is 4.79 Å². The number of H-pyrrole nitrogens is 1. The second-order valence-electron chi connectivity index (χ2n) is 6.50. The van der Waals surface area contributed by atoms with E-state index < -0.39 is 0 Å². The number of rotatable bonds is 5. The monoisotopic (exact) mass is 375 g/mol. The van der Waals surface area contributed by atoms with E-state index in [1.165, 1.54) is 0 Å². The van der Waals surface area contributed by atoms with Crippen molar-refractivity contribution < 1.29 is 14.3 Å². The van der Waals surface area contributed by atoms with Crippen LogP contribution in [0.1, 0.15) is 5.69 Å². The zero-order valence-electron chi connectivity index (χ0n) is 14.9. The van der Waals surface area contributed by atoms with E-state index in [4.69, 9.17) is 9.47 Å². The summed E-state index contributed by atoms with van der Waals surface area (Å²) in [5, 5.41) is 6.90. The van der Waals surface area contributed by atoms with Gasteiger partial charge in [-0.05, 0) is 48.0 Å². The second-order valence-corrected chi connectivity index (χ2v) is 6.50. The highest BCUT2D eigenvalue weighted by atomic mass is 16.6. The highest BCUT2D eigenvalue weighted by Gasteiger charge is 2.22. The molecule has 1 aromatic carbocycles. The smallest absolute Gasteiger partial charge is 0.410 e. The number of benzene rings is 1. The first-order chi connectivity index (χ1) is 13.7.